The Balaban J connectivity index is 1.44. The molecule has 1 saturated heterocycles. The molecule has 1 amide bonds. The molecule has 2 aromatic heterocycles. The summed E-state index contributed by atoms with van der Waals surface area (Å²) >= 11 is 0. The fourth-order valence-electron chi connectivity index (χ4n) is 4.96. The molecule has 0 bridgehead atoms. The van der Waals surface area contributed by atoms with E-state index < -0.39 is 0 Å². The van der Waals surface area contributed by atoms with E-state index >= 15 is 0 Å². The maximum Gasteiger partial charge on any atom is 0.253 e. The highest BCUT2D eigenvalue weighted by Gasteiger charge is 2.41. The number of carbonyl (C=O) groups excluding carboxylic acids is 1. The van der Waals surface area contributed by atoms with Gasteiger partial charge < -0.3 is 9.42 Å². The van der Waals surface area contributed by atoms with Crippen LogP contribution < -0.4 is 0 Å². The number of nitrogens with zero attached hydrogens (tertiary/aromatic N) is 4. The normalized spacial score (nSPS) is 21.7. The van der Waals surface area contributed by atoms with Gasteiger partial charge in [0.25, 0.3) is 5.91 Å². The van der Waals surface area contributed by atoms with Gasteiger partial charge in [-0.1, -0.05) is 30.1 Å². The van der Waals surface area contributed by atoms with Gasteiger partial charge in [-0.05, 0) is 61.6 Å². The number of likely N-dealkylation sites (tertiary alicyclic amines) is 1. The van der Waals surface area contributed by atoms with Crippen LogP contribution in [0.2, 0.25) is 0 Å². The minimum Gasteiger partial charge on any atom is -0.339 e. The monoisotopic (exact) mass is 416 g/mol. The molecule has 160 valence electrons. The van der Waals surface area contributed by atoms with E-state index in [0.717, 1.165) is 35.4 Å². The average molecular weight is 417 g/mol. The first-order chi connectivity index (χ1) is 15.1. The average Bonchev–Trinajstić information content (AvgIpc) is 3.55. The van der Waals surface area contributed by atoms with Crippen molar-refractivity contribution in [2.24, 2.45) is 0 Å². The van der Waals surface area contributed by atoms with E-state index in [2.05, 4.69) is 23.1 Å². The Labute approximate surface area is 182 Å². The predicted molar refractivity (Wildman–Crippen MR) is 117 cm³/mol. The van der Waals surface area contributed by atoms with E-state index in [1.165, 1.54) is 18.4 Å². The van der Waals surface area contributed by atoms with E-state index in [-0.39, 0.29) is 17.7 Å². The zero-order valence-corrected chi connectivity index (χ0v) is 18.1. The van der Waals surface area contributed by atoms with E-state index in [0.29, 0.717) is 24.9 Å². The third kappa shape index (κ3) is 3.87. The van der Waals surface area contributed by atoms with Crippen molar-refractivity contribution >= 4 is 5.91 Å². The quantitative estimate of drug-likeness (QED) is 0.613. The smallest absolute Gasteiger partial charge is 0.253 e. The summed E-state index contributed by atoms with van der Waals surface area (Å²) in [6.45, 7) is 5.28. The number of aryl methyl sites for hydroxylation is 2. The number of hydrogen-bond acceptors (Lipinski definition) is 5. The third-order valence-corrected chi connectivity index (χ3v) is 6.97. The van der Waals surface area contributed by atoms with E-state index in [4.69, 9.17) is 9.51 Å². The Kier molecular flexibility index (Phi) is 5.30. The number of aromatic nitrogens is 3. The molecular formula is C25H28N4O2. The minimum atomic E-state index is -0.0256. The van der Waals surface area contributed by atoms with Gasteiger partial charge in [0, 0.05) is 42.9 Å². The molecule has 0 radical (unpaired) electrons. The second kappa shape index (κ2) is 8.25. The summed E-state index contributed by atoms with van der Waals surface area (Å²) < 4.78 is 5.76. The SMILES string of the molecule is Cc1ccc(C(=O)N2CC(c3cccnc3)C(c3nc(C4CCCC4)no3)C2)cc1C. The number of hydrogen-bond donors (Lipinski definition) is 0. The van der Waals surface area contributed by atoms with Crippen LogP contribution >= 0.6 is 0 Å². The summed E-state index contributed by atoms with van der Waals surface area (Å²) in [5.41, 5.74) is 4.15. The molecule has 5 rings (SSSR count). The van der Waals surface area contributed by atoms with Crippen LogP contribution in [0.5, 0.6) is 0 Å². The Morgan fingerprint density at radius 2 is 1.87 bits per heavy atom. The second-order valence-corrected chi connectivity index (χ2v) is 8.98. The highest BCUT2D eigenvalue weighted by Crippen LogP contribution is 2.40. The Morgan fingerprint density at radius 1 is 1.06 bits per heavy atom. The van der Waals surface area contributed by atoms with Gasteiger partial charge in [0.15, 0.2) is 5.82 Å². The van der Waals surface area contributed by atoms with Crippen molar-refractivity contribution in [1.82, 2.24) is 20.0 Å². The largest absolute Gasteiger partial charge is 0.339 e. The highest BCUT2D eigenvalue weighted by atomic mass is 16.5. The molecule has 2 aliphatic rings. The molecule has 1 aliphatic heterocycles. The van der Waals surface area contributed by atoms with Gasteiger partial charge in [0.05, 0.1) is 5.92 Å². The molecule has 3 aromatic rings. The lowest BCUT2D eigenvalue weighted by Gasteiger charge is -2.17. The van der Waals surface area contributed by atoms with Crippen molar-refractivity contribution in [3.05, 3.63) is 76.7 Å². The fraction of sp³-hybridized carbons (Fsp3) is 0.440. The van der Waals surface area contributed by atoms with Crippen molar-refractivity contribution in [3.63, 3.8) is 0 Å². The zero-order chi connectivity index (χ0) is 21.4. The Hall–Kier alpha value is -3.02. The van der Waals surface area contributed by atoms with Gasteiger partial charge in [-0.2, -0.15) is 4.98 Å². The lowest BCUT2D eigenvalue weighted by atomic mass is 9.90. The molecule has 31 heavy (non-hydrogen) atoms. The highest BCUT2D eigenvalue weighted by molar-refractivity contribution is 5.94. The van der Waals surface area contributed by atoms with Crippen LogP contribution in [0, 0.1) is 13.8 Å². The molecule has 1 saturated carbocycles. The summed E-state index contributed by atoms with van der Waals surface area (Å²) in [7, 11) is 0. The lowest BCUT2D eigenvalue weighted by Crippen LogP contribution is -2.29. The molecule has 2 unspecified atom stereocenters. The summed E-state index contributed by atoms with van der Waals surface area (Å²) in [4.78, 5) is 24.4. The molecule has 1 aromatic carbocycles. The van der Waals surface area contributed by atoms with Crippen LogP contribution in [0.1, 0.15) is 82.2 Å². The van der Waals surface area contributed by atoms with Gasteiger partial charge in [-0.25, -0.2) is 0 Å². The first-order valence-corrected chi connectivity index (χ1v) is 11.2. The van der Waals surface area contributed by atoms with Crippen LogP contribution in [0.3, 0.4) is 0 Å². The number of amides is 1. The maximum atomic E-state index is 13.3. The summed E-state index contributed by atoms with van der Waals surface area (Å²) in [5, 5.41) is 4.32. The maximum absolute atomic E-state index is 13.3. The van der Waals surface area contributed by atoms with Gasteiger partial charge in [-0.3, -0.25) is 9.78 Å². The molecule has 3 heterocycles. The summed E-state index contributed by atoms with van der Waals surface area (Å²) in [6, 6.07) is 9.93. The summed E-state index contributed by atoms with van der Waals surface area (Å²) in [5.74, 6) is 1.99. The number of rotatable bonds is 4. The molecule has 1 aliphatic carbocycles. The van der Waals surface area contributed by atoms with E-state index in [1.54, 1.807) is 6.20 Å². The van der Waals surface area contributed by atoms with Gasteiger partial charge in [0.1, 0.15) is 0 Å². The van der Waals surface area contributed by atoms with E-state index in [1.807, 2.05) is 42.3 Å². The molecule has 0 spiro atoms. The first kappa shape index (κ1) is 19.9. The first-order valence-electron chi connectivity index (χ1n) is 11.2. The second-order valence-electron chi connectivity index (χ2n) is 8.98. The van der Waals surface area contributed by atoms with Crippen molar-refractivity contribution < 1.29 is 9.32 Å². The van der Waals surface area contributed by atoms with Crippen LogP contribution in [-0.4, -0.2) is 39.0 Å². The molecule has 2 fully saturated rings. The van der Waals surface area contributed by atoms with Gasteiger partial charge >= 0.3 is 0 Å². The Morgan fingerprint density at radius 3 is 2.61 bits per heavy atom. The Bertz CT molecular complexity index is 1070. The molecular weight excluding hydrogens is 388 g/mol. The molecule has 6 nitrogen and oxygen atoms in total. The molecule has 0 N–H and O–H groups in total. The standard InChI is InChI=1S/C25H28N4O2/c1-16-9-10-19(12-17(16)2)25(30)29-14-21(20-8-5-11-26-13-20)22(15-29)24-27-23(28-31-24)18-6-3-4-7-18/h5,8-13,18,21-22H,3-4,6-7,14-15H2,1-2H3. The molecule has 6 heteroatoms. The topological polar surface area (TPSA) is 72.1 Å². The number of pyridine rings is 1. The van der Waals surface area contributed by atoms with Crippen LogP contribution in [0.15, 0.2) is 47.2 Å². The number of benzene rings is 1. The van der Waals surface area contributed by atoms with Gasteiger partial charge in [0.2, 0.25) is 5.89 Å². The van der Waals surface area contributed by atoms with Crippen LogP contribution in [0.25, 0.3) is 0 Å². The van der Waals surface area contributed by atoms with Gasteiger partial charge in [-0.15, -0.1) is 0 Å². The van der Waals surface area contributed by atoms with Crippen molar-refractivity contribution in [1.29, 1.82) is 0 Å². The third-order valence-electron chi connectivity index (χ3n) is 6.97. The zero-order valence-electron chi connectivity index (χ0n) is 18.1. The fourth-order valence-corrected chi connectivity index (χ4v) is 4.96. The van der Waals surface area contributed by atoms with Crippen LogP contribution in [-0.2, 0) is 0 Å². The lowest BCUT2D eigenvalue weighted by molar-refractivity contribution is 0.0788. The van der Waals surface area contributed by atoms with Crippen molar-refractivity contribution in [2.45, 2.75) is 57.3 Å². The van der Waals surface area contributed by atoms with E-state index in [9.17, 15) is 4.79 Å². The van der Waals surface area contributed by atoms with Crippen molar-refractivity contribution in [2.75, 3.05) is 13.1 Å². The predicted octanol–water partition coefficient (Wildman–Crippen LogP) is 4.76. The van der Waals surface area contributed by atoms with Crippen LogP contribution in [0.4, 0.5) is 0 Å². The minimum absolute atomic E-state index is 0.0256. The van der Waals surface area contributed by atoms with Crippen molar-refractivity contribution in [3.8, 4) is 0 Å². The number of carbonyl (C=O) groups is 1. The summed E-state index contributed by atoms with van der Waals surface area (Å²) in [6.07, 6.45) is 8.38. The molecule has 2 atom stereocenters.